The van der Waals surface area contributed by atoms with Crippen LogP contribution in [0.1, 0.15) is 110 Å². The summed E-state index contributed by atoms with van der Waals surface area (Å²) in [6.45, 7) is 2.24. The molecule has 0 rings (SSSR count). The summed E-state index contributed by atoms with van der Waals surface area (Å²) in [6.07, 6.45) is 19.6. The monoisotopic (exact) mass is 433 g/mol. The van der Waals surface area contributed by atoms with Gasteiger partial charge in [0.15, 0.2) is 0 Å². The Bertz CT molecular complexity index is 482. The van der Waals surface area contributed by atoms with Crippen LogP contribution in [0.15, 0.2) is 12.2 Å². The number of nitrogens with one attached hydrogen (secondary N) is 1. The molecule has 0 aliphatic rings. The molecule has 0 spiro atoms. The Morgan fingerprint density at radius 1 is 0.833 bits per heavy atom. The number of amides is 1. The summed E-state index contributed by atoms with van der Waals surface area (Å²) in [5.41, 5.74) is 0. The standard InChI is InChI=1S/C23H41NO5.Na/c1-2-3-4-5-6-7-8-9-10-11-12-13-14-15-16-17-21(25)24-20(23(28)29)18-19-22(26)27;/h9-10,20H,2-8,11-19H2,1H3,(H,24,25)(H,26,27)(H,28,29);/q;+1/p-1. The van der Waals surface area contributed by atoms with E-state index in [9.17, 15) is 19.5 Å². The zero-order chi connectivity index (χ0) is 21.7. The summed E-state index contributed by atoms with van der Waals surface area (Å²) in [5, 5.41) is 21.9. The van der Waals surface area contributed by atoms with E-state index in [4.69, 9.17) is 5.11 Å². The fourth-order valence-electron chi connectivity index (χ4n) is 3.14. The molecule has 0 aliphatic heterocycles. The molecule has 0 aliphatic carbocycles. The van der Waals surface area contributed by atoms with Crippen LogP contribution in [-0.4, -0.2) is 29.0 Å². The number of carbonyl (C=O) groups excluding carboxylic acids is 2. The molecule has 2 N–H and O–H groups in total. The summed E-state index contributed by atoms with van der Waals surface area (Å²) in [5.74, 6) is -2.89. The molecule has 0 aromatic rings. The average molecular weight is 434 g/mol. The zero-order valence-corrected chi connectivity index (χ0v) is 21.1. The van der Waals surface area contributed by atoms with Crippen LogP contribution in [0.5, 0.6) is 0 Å². The van der Waals surface area contributed by atoms with Crippen molar-refractivity contribution in [1.29, 1.82) is 0 Å². The van der Waals surface area contributed by atoms with E-state index in [1.54, 1.807) is 0 Å². The second kappa shape index (κ2) is 22.8. The van der Waals surface area contributed by atoms with Gasteiger partial charge in [0.1, 0.15) is 0 Å². The van der Waals surface area contributed by atoms with Crippen molar-refractivity contribution in [3.63, 3.8) is 0 Å². The second-order valence-corrected chi connectivity index (χ2v) is 7.71. The summed E-state index contributed by atoms with van der Waals surface area (Å²) in [6, 6.07) is -1.23. The first kappa shape index (κ1) is 31.3. The molecular formula is C23H40NNaO5. The van der Waals surface area contributed by atoms with Crippen LogP contribution >= 0.6 is 0 Å². The molecule has 1 unspecified atom stereocenters. The van der Waals surface area contributed by atoms with Crippen molar-refractivity contribution in [2.24, 2.45) is 0 Å². The van der Waals surface area contributed by atoms with Gasteiger partial charge in [-0.1, -0.05) is 70.4 Å². The smallest absolute Gasteiger partial charge is 0.548 e. The van der Waals surface area contributed by atoms with Crippen molar-refractivity contribution in [2.45, 2.75) is 116 Å². The van der Waals surface area contributed by atoms with E-state index in [1.165, 1.54) is 44.9 Å². The Kier molecular flexibility index (Phi) is 23.8. The molecule has 7 heteroatoms. The van der Waals surface area contributed by atoms with Gasteiger partial charge in [0, 0.05) is 12.8 Å². The number of unbranched alkanes of at least 4 members (excludes halogenated alkanes) is 11. The van der Waals surface area contributed by atoms with Crippen molar-refractivity contribution in [3.8, 4) is 0 Å². The number of carboxylic acid groups (broad SMARTS) is 2. The molecule has 0 bridgehead atoms. The molecular weight excluding hydrogens is 393 g/mol. The van der Waals surface area contributed by atoms with E-state index in [0.717, 1.165) is 32.1 Å². The molecule has 168 valence electrons. The Hall–Kier alpha value is -0.850. The molecule has 30 heavy (non-hydrogen) atoms. The van der Waals surface area contributed by atoms with Gasteiger partial charge in [-0.05, 0) is 38.5 Å². The second-order valence-electron chi connectivity index (χ2n) is 7.71. The van der Waals surface area contributed by atoms with Gasteiger partial charge >= 0.3 is 35.5 Å². The molecule has 1 amide bonds. The number of carbonyl (C=O) groups is 3. The minimum Gasteiger partial charge on any atom is -0.548 e. The van der Waals surface area contributed by atoms with E-state index >= 15 is 0 Å². The van der Waals surface area contributed by atoms with E-state index in [-0.39, 0.29) is 54.7 Å². The molecule has 0 radical (unpaired) electrons. The maximum atomic E-state index is 11.8. The van der Waals surface area contributed by atoms with E-state index in [1.807, 2.05) is 0 Å². The predicted molar refractivity (Wildman–Crippen MR) is 113 cm³/mol. The first-order valence-electron chi connectivity index (χ1n) is 11.3. The Balaban J connectivity index is 0. The van der Waals surface area contributed by atoms with Crippen molar-refractivity contribution >= 4 is 17.8 Å². The van der Waals surface area contributed by atoms with Crippen LogP contribution in [0.4, 0.5) is 0 Å². The van der Waals surface area contributed by atoms with E-state index < -0.39 is 18.0 Å². The van der Waals surface area contributed by atoms with Gasteiger partial charge in [-0.3, -0.25) is 9.59 Å². The number of allylic oxidation sites excluding steroid dienone is 2. The minimum atomic E-state index is -1.44. The zero-order valence-electron chi connectivity index (χ0n) is 19.1. The third kappa shape index (κ3) is 21.8. The third-order valence-corrected chi connectivity index (χ3v) is 4.93. The van der Waals surface area contributed by atoms with Crippen LogP contribution in [-0.2, 0) is 14.4 Å². The van der Waals surface area contributed by atoms with Gasteiger partial charge < -0.3 is 20.3 Å². The average Bonchev–Trinajstić information content (AvgIpc) is 2.67. The number of rotatable bonds is 20. The fraction of sp³-hybridized carbons (Fsp3) is 0.783. The third-order valence-electron chi connectivity index (χ3n) is 4.93. The van der Waals surface area contributed by atoms with Gasteiger partial charge in [0.2, 0.25) is 5.91 Å². The Labute approximate surface area is 204 Å². The summed E-state index contributed by atoms with van der Waals surface area (Å²) < 4.78 is 0. The number of hydrogen-bond acceptors (Lipinski definition) is 4. The van der Waals surface area contributed by atoms with E-state index in [0.29, 0.717) is 6.42 Å². The quantitative estimate of drug-likeness (QED) is 0.170. The molecule has 0 heterocycles. The maximum absolute atomic E-state index is 11.8. The Morgan fingerprint density at radius 2 is 1.33 bits per heavy atom. The van der Waals surface area contributed by atoms with Crippen LogP contribution < -0.4 is 40.0 Å². The van der Waals surface area contributed by atoms with Gasteiger partial charge in [-0.2, -0.15) is 0 Å². The van der Waals surface area contributed by atoms with E-state index in [2.05, 4.69) is 24.4 Å². The molecule has 0 aromatic carbocycles. The van der Waals surface area contributed by atoms with Gasteiger partial charge in [-0.15, -0.1) is 0 Å². The van der Waals surface area contributed by atoms with Crippen LogP contribution in [0.25, 0.3) is 0 Å². The molecule has 0 fully saturated rings. The number of carboxylic acids is 2. The summed E-state index contributed by atoms with van der Waals surface area (Å²) >= 11 is 0. The van der Waals surface area contributed by atoms with Crippen LogP contribution in [0.2, 0.25) is 0 Å². The maximum Gasteiger partial charge on any atom is 1.00 e. The van der Waals surface area contributed by atoms with Crippen molar-refractivity contribution in [3.05, 3.63) is 12.2 Å². The summed E-state index contributed by atoms with van der Waals surface area (Å²) in [7, 11) is 0. The molecule has 6 nitrogen and oxygen atoms in total. The first-order chi connectivity index (χ1) is 14.0. The van der Waals surface area contributed by atoms with Crippen molar-refractivity contribution in [2.75, 3.05) is 0 Å². The van der Waals surface area contributed by atoms with Gasteiger partial charge in [0.25, 0.3) is 0 Å². The van der Waals surface area contributed by atoms with Crippen molar-refractivity contribution < 1.29 is 54.2 Å². The molecule has 1 atom stereocenters. The van der Waals surface area contributed by atoms with Crippen LogP contribution in [0, 0.1) is 0 Å². The Morgan fingerprint density at radius 3 is 1.83 bits per heavy atom. The van der Waals surface area contributed by atoms with Crippen LogP contribution in [0.3, 0.4) is 0 Å². The number of aliphatic carboxylic acids is 2. The van der Waals surface area contributed by atoms with Crippen molar-refractivity contribution in [1.82, 2.24) is 5.32 Å². The first-order valence-corrected chi connectivity index (χ1v) is 11.3. The van der Waals surface area contributed by atoms with Gasteiger partial charge in [-0.25, -0.2) is 0 Å². The largest absolute Gasteiger partial charge is 1.00 e. The minimum absolute atomic E-state index is 0. The fourth-order valence-corrected chi connectivity index (χ4v) is 3.14. The number of hydrogen-bond donors (Lipinski definition) is 2. The molecule has 0 saturated carbocycles. The molecule has 0 saturated heterocycles. The SMILES string of the molecule is CCCCCCCCC=CCCCCCCCC(=O)NC(CCC(=O)O)C(=O)[O-].[Na+]. The predicted octanol–water partition coefficient (Wildman–Crippen LogP) is 1.13. The normalized spacial score (nSPS) is 11.8. The topological polar surface area (TPSA) is 107 Å². The molecule has 0 aromatic heterocycles. The summed E-state index contributed by atoms with van der Waals surface area (Å²) in [4.78, 5) is 33.2. The van der Waals surface area contributed by atoms with Gasteiger partial charge in [0.05, 0.1) is 12.0 Å².